The number of halogens is 2. The van der Waals surface area contributed by atoms with Crippen molar-refractivity contribution in [3.8, 4) is 11.3 Å². The van der Waals surface area contributed by atoms with Gasteiger partial charge in [-0.2, -0.15) is 10.2 Å². The second-order valence-corrected chi connectivity index (χ2v) is 8.84. The highest BCUT2D eigenvalue weighted by atomic mass is 35.5. The van der Waals surface area contributed by atoms with Crippen LogP contribution in [0.2, 0.25) is 5.02 Å². The molecule has 0 spiro atoms. The molecule has 1 aromatic carbocycles. The fourth-order valence-electron chi connectivity index (χ4n) is 4.24. The molecule has 6 rings (SSSR count). The van der Waals surface area contributed by atoms with Crippen LogP contribution in [0.4, 0.5) is 10.2 Å². The van der Waals surface area contributed by atoms with Crippen molar-refractivity contribution >= 4 is 28.2 Å². The van der Waals surface area contributed by atoms with Crippen molar-refractivity contribution in [2.24, 2.45) is 0 Å². The predicted octanol–water partition coefficient (Wildman–Crippen LogP) is 3.89. The summed E-state index contributed by atoms with van der Waals surface area (Å²) in [7, 11) is 0. The molecule has 0 amide bonds. The van der Waals surface area contributed by atoms with Gasteiger partial charge in [-0.25, -0.2) is 14.5 Å². The monoisotopic (exact) mass is 466 g/mol. The van der Waals surface area contributed by atoms with Crippen LogP contribution in [0.5, 0.6) is 0 Å². The lowest BCUT2D eigenvalue weighted by Gasteiger charge is -2.33. The van der Waals surface area contributed by atoms with E-state index in [9.17, 15) is 9.18 Å². The minimum Gasteiger partial charge on any atom is -0.370 e. The van der Waals surface area contributed by atoms with Crippen molar-refractivity contribution < 1.29 is 9.13 Å². The molecule has 1 unspecified atom stereocenters. The van der Waals surface area contributed by atoms with Crippen LogP contribution in [0.25, 0.3) is 22.0 Å². The van der Waals surface area contributed by atoms with E-state index in [1.54, 1.807) is 18.2 Å². The number of rotatable bonds is 4. The van der Waals surface area contributed by atoms with E-state index in [4.69, 9.17) is 21.3 Å². The van der Waals surface area contributed by atoms with Crippen LogP contribution in [0, 0.1) is 5.82 Å². The third-order valence-corrected chi connectivity index (χ3v) is 6.38. The lowest BCUT2D eigenvalue weighted by Crippen LogP contribution is -2.39. The number of nitrogens with one attached hydrogen (secondary N) is 1. The molecule has 33 heavy (non-hydrogen) atoms. The van der Waals surface area contributed by atoms with Crippen LogP contribution in [-0.4, -0.2) is 44.7 Å². The van der Waals surface area contributed by atoms with Crippen molar-refractivity contribution in [1.82, 2.24) is 25.0 Å². The number of H-pyrrole nitrogens is 1. The number of morpholine rings is 1. The summed E-state index contributed by atoms with van der Waals surface area (Å²) in [6, 6.07) is 6.63. The SMILES string of the molecule is O=c1[nH]ncc2c(-c3ccc(Cl)cc3F)nc(N3CCOC(c4cnn(C5CC5)c4)C3)cc12. The smallest absolute Gasteiger partial charge is 0.272 e. The Balaban J connectivity index is 1.41. The van der Waals surface area contributed by atoms with Gasteiger partial charge < -0.3 is 9.64 Å². The molecule has 2 fully saturated rings. The summed E-state index contributed by atoms with van der Waals surface area (Å²) in [6.45, 7) is 1.63. The fraction of sp³-hybridized carbons (Fsp3) is 0.304. The van der Waals surface area contributed by atoms with Gasteiger partial charge in [-0.05, 0) is 37.1 Å². The van der Waals surface area contributed by atoms with E-state index in [1.807, 2.05) is 17.1 Å². The molecule has 1 saturated carbocycles. The predicted molar refractivity (Wildman–Crippen MR) is 122 cm³/mol. The Labute approximate surface area is 193 Å². The number of anilines is 1. The average Bonchev–Trinajstić information content (AvgIpc) is 3.55. The molecule has 10 heteroatoms. The maximum atomic E-state index is 14.8. The summed E-state index contributed by atoms with van der Waals surface area (Å²) in [5.41, 5.74) is 1.26. The summed E-state index contributed by atoms with van der Waals surface area (Å²) < 4.78 is 22.8. The number of nitrogens with zero attached hydrogens (tertiary/aromatic N) is 5. The summed E-state index contributed by atoms with van der Waals surface area (Å²) >= 11 is 5.94. The minimum absolute atomic E-state index is 0.171. The maximum absolute atomic E-state index is 14.8. The van der Waals surface area contributed by atoms with E-state index >= 15 is 0 Å². The number of fused-ring (bicyclic) bond motifs is 1. The van der Waals surface area contributed by atoms with Crippen LogP contribution in [0.3, 0.4) is 0 Å². The molecular weight excluding hydrogens is 447 g/mol. The summed E-state index contributed by atoms with van der Waals surface area (Å²) in [5, 5.41) is 12.0. The van der Waals surface area contributed by atoms with Gasteiger partial charge >= 0.3 is 0 Å². The molecule has 1 aliphatic heterocycles. The normalized spacial score (nSPS) is 18.7. The van der Waals surface area contributed by atoms with Gasteiger partial charge in [0.2, 0.25) is 0 Å². The number of ether oxygens (including phenoxy) is 1. The second kappa shape index (κ2) is 7.93. The van der Waals surface area contributed by atoms with Crippen LogP contribution in [0.1, 0.15) is 30.6 Å². The largest absolute Gasteiger partial charge is 0.370 e. The first-order valence-electron chi connectivity index (χ1n) is 10.8. The molecule has 1 aliphatic carbocycles. The lowest BCUT2D eigenvalue weighted by atomic mass is 10.0. The van der Waals surface area contributed by atoms with Gasteiger partial charge in [0.05, 0.1) is 36.1 Å². The molecule has 0 bridgehead atoms. The first-order valence-corrected chi connectivity index (χ1v) is 11.2. The van der Waals surface area contributed by atoms with Gasteiger partial charge in [0.1, 0.15) is 17.7 Å². The average molecular weight is 467 g/mol. The summed E-state index contributed by atoms with van der Waals surface area (Å²) in [4.78, 5) is 19.4. The molecule has 8 nitrogen and oxygen atoms in total. The summed E-state index contributed by atoms with van der Waals surface area (Å²) in [5.74, 6) is 0.0625. The van der Waals surface area contributed by atoms with E-state index in [-0.39, 0.29) is 22.2 Å². The highest BCUT2D eigenvalue weighted by molar-refractivity contribution is 6.30. The molecule has 4 heterocycles. The Kier molecular flexibility index (Phi) is 4.88. The van der Waals surface area contributed by atoms with Crippen molar-refractivity contribution in [1.29, 1.82) is 0 Å². The number of pyridine rings is 1. The topological polar surface area (TPSA) is 88.9 Å². The molecule has 168 valence electrons. The fourth-order valence-corrected chi connectivity index (χ4v) is 4.40. The number of aromatic amines is 1. The Hall–Kier alpha value is -3.30. The van der Waals surface area contributed by atoms with Gasteiger partial charge in [-0.1, -0.05) is 11.6 Å². The van der Waals surface area contributed by atoms with Crippen molar-refractivity contribution in [2.75, 3.05) is 24.6 Å². The van der Waals surface area contributed by atoms with E-state index in [2.05, 4.69) is 20.2 Å². The Morgan fingerprint density at radius 2 is 2.06 bits per heavy atom. The van der Waals surface area contributed by atoms with Crippen molar-refractivity contribution in [3.63, 3.8) is 0 Å². The molecule has 3 aromatic heterocycles. The van der Waals surface area contributed by atoms with E-state index in [0.717, 1.165) is 18.4 Å². The molecule has 2 aliphatic rings. The van der Waals surface area contributed by atoms with Gasteiger partial charge in [0, 0.05) is 40.8 Å². The highest BCUT2D eigenvalue weighted by Crippen LogP contribution is 2.36. The highest BCUT2D eigenvalue weighted by Gasteiger charge is 2.28. The number of hydrogen-bond donors (Lipinski definition) is 1. The van der Waals surface area contributed by atoms with E-state index < -0.39 is 5.82 Å². The van der Waals surface area contributed by atoms with E-state index in [0.29, 0.717) is 48.0 Å². The Morgan fingerprint density at radius 3 is 2.88 bits per heavy atom. The molecular formula is C23H20ClFN6O2. The third-order valence-electron chi connectivity index (χ3n) is 6.14. The standard InChI is InChI=1S/C23H20ClFN6O2/c24-14-1-4-16(19(25)7-14)22-18-10-26-29-23(32)17(18)8-21(28-22)30-5-6-33-20(12-30)13-9-27-31(11-13)15-2-3-15/h1,4,7-11,15,20H,2-3,5-6,12H2,(H,29,32). The van der Waals surface area contributed by atoms with Crippen LogP contribution < -0.4 is 10.5 Å². The quantitative estimate of drug-likeness (QED) is 0.491. The molecule has 1 N–H and O–H groups in total. The number of hydrogen-bond acceptors (Lipinski definition) is 6. The lowest BCUT2D eigenvalue weighted by molar-refractivity contribution is 0.0395. The zero-order valence-corrected chi connectivity index (χ0v) is 18.3. The van der Waals surface area contributed by atoms with Gasteiger partial charge in [-0.15, -0.1) is 0 Å². The number of benzene rings is 1. The van der Waals surface area contributed by atoms with Gasteiger partial charge in [0.15, 0.2) is 0 Å². The second-order valence-electron chi connectivity index (χ2n) is 8.40. The first kappa shape index (κ1) is 20.3. The van der Waals surface area contributed by atoms with Gasteiger partial charge in [-0.3, -0.25) is 9.48 Å². The van der Waals surface area contributed by atoms with Crippen molar-refractivity contribution in [2.45, 2.75) is 25.0 Å². The van der Waals surface area contributed by atoms with Crippen LogP contribution in [-0.2, 0) is 4.74 Å². The minimum atomic E-state index is -0.513. The Bertz CT molecular complexity index is 1420. The first-order chi connectivity index (χ1) is 16.1. The zero-order chi connectivity index (χ0) is 22.5. The van der Waals surface area contributed by atoms with E-state index in [1.165, 1.54) is 12.3 Å². The van der Waals surface area contributed by atoms with Crippen LogP contribution >= 0.6 is 11.6 Å². The third kappa shape index (κ3) is 3.77. The zero-order valence-electron chi connectivity index (χ0n) is 17.5. The summed E-state index contributed by atoms with van der Waals surface area (Å²) in [6.07, 6.45) is 7.54. The van der Waals surface area contributed by atoms with Crippen molar-refractivity contribution in [3.05, 3.63) is 69.6 Å². The molecule has 0 radical (unpaired) electrons. The molecule has 4 aromatic rings. The maximum Gasteiger partial charge on any atom is 0.272 e. The van der Waals surface area contributed by atoms with Crippen LogP contribution in [0.15, 0.2) is 47.7 Å². The Morgan fingerprint density at radius 1 is 1.18 bits per heavy atom. The number of aromatic nitrogens is 5. The van der Waals surface area contributed by atoms with Gasteiger partial charge in [0.25, 0.3) is 5.56 Å². The molecule has 1 atom stereocenters. The molecule has 1 saturated heterocycles.